The number of rotatable bonds is 5. The van der Waals surface area contributed by atoms with Gasteiger partial charge in [0.15, 0.2) is 0 Å². The van der Waals surface area contributed by atoms with Gasteiger partial charge in [-0.05, 0) is 13.0 Å². The van der Waals surface area contributed by atoms with Crippen molar-refractivity contribution in [2.45, 2.75) is 32.7 Å². The van der Waals surface area contributed by atoms with Crippen molar-refractivity contribution >= 4 is 5.52 Å². The average molecular weight is 232 g/mol. The average Bonchev–Trinajstić information content (AvgIpc) is 2.79. The molecule has 0 bridgehead atoms. The van der Waals surface area contributed by atoms with E-state index in [9.17, 15) is 0 Å². The second-order valence-corrected chi connectivity index (χ2v) is 4.35. The van der Waals surface area contributed by atoms with Crippen molar-refractivity contribution < 1.29 is 0 Å². The van der Waals surface area contributed by atoms with E-state index in [4.69, 9.17) is 0 Å². The topological polar surface area (TPSA) is 42.2 Å². The first-order valence-corrected chi connectivity index (χ1v) is 6.26. The Morgan fingerprint density at radius 2 is 2.06 bits per heavy atom. The molecule has 1 atom stereocenters. The molecule has 0 aromatic carbocycles. The molecule has 4 nitrogen and oxygen atoms in total. The molecule has 1 N–H and O–H groups in total. The summed E-state index contributed by atoms with van der Waals surface area (Å²) >= 11 is 0. The van der Waals surface area contributed by atoms with E-state index in [1.165, 1.54) is 18.4 Å². The summed E-state index contributed by atoms with van der Waals surface area (Å²) in [7, 11) is 2.02. The molecule has 0 saturated carbocycles. The van der Waals surface area contributed by atoms with Gasteiger partial charge in [0.1, 0.15) is 0 Å². The van der Waals surface area contributed by atoms with Crippen LogP contribution >= 0.6 is 0 Å². The Morgan fingerprint density at radius 1 is 1.29 bits per heavy atom. The Hall–Kier alpha value is -1.42. The molecule has 0 spiro atoms. The zero-order valence-corrected chi connectivity index (χ0v) is 10.7. The third-order valence-corrected chi connectivity index (χ3v) is 3.52. The smallest absolute Gasteiger partial charge is 0.0892 e. The minimum Gasteiger partial charge on any atom is -0.313 e. The monoisotopic (exact) mass is 232 g/mol. The van der Waals surface area contributed by atoms with Crippen LogP contribution in [0.2, 0.25) is 0 Å². The van der Waals surface area contributed by atoms with Gasteiger partial charge in [-0.2, -0.15) is 5.10 Å². The number of hydrogen-bond acceptors (Lipinski definition) is 3. The minimum absolute atomic E-state index is 0.353. The number of nitrogens with zero attached hydrogens (tertiary/aromatic N) is 3. The van der Waals surface area contributed by atoms with Crippen molar-refractivity contribution in [3.63, 3.8) is 0 Å². The molecule has 0 amide bonds. The normalized spacial score (nSPS) is 13.4. The highest BCUT2D eigenvalue weighted by molar-refractivity contribution is 5.53. The molecule has 0 aliphatic rings. The van der Waals surface area contributed by atoms with Gasteiger partial charge in [0.05, 0.1) is 17.9 Å². The van der Waals surface area contributed by atoms with Crippen molar-refractivity contribution in [3.8, 4) is 0 Å². The lowest BCUT2D eigenvalue weighted by Gasteiger charge is -2.24. The van der Waals surface area contributed by atoms with E-state index >= 15 is 0 Å². The second kappa shape index (κ2) is 5.27. The summed E-state index contributed by atoms with van der Waals surface area (Å²) in [6.07, 6.45) is 9.82. The highest BCUT2D eigenvalue weighted by Crippen LogP contribution is 2.29. The SMILES string of the molecule is CCC(CC)C(NC)c1cnn2ccncc12. The van der Waals surface area contributed by atoms with Gasteiger partial charge in [-0.1, -0.05) is 26.7 Å². The number of aromatic nitrogens is 3. The number of hydrogen-bond donors (Lipinski definition) is 1. The van der Waals surface area contributed by atoms with Gasteiger partial charge >= 0.3 is 0 Å². The summed E-state index contributed by atoms with van der Waals surface area (Å²) < 4.78 is 1.88. The molecular formula is C13H20N4. The van der Waals surface area contributed by atoms with Crippen LogP contribution in [0.15, 0.2) is 24.8 Å². The first-order chi connectivity index (χ1) is 8.31. The molecule has 0 saturated heterocycles. The molecule has 0 aliphatic heterocycles. The van der Waals surface area contributed by atoms with Crippen LogP contribution in [0.1, 0.15) is 38.3 Å². The van der Waals surface area contributed by atoms with Crippen molar-refractivity contribution in [3.05, 3.63) is 30.4 Å². The molecular weight excluding hydrogens is 212 g/mol. The Labute approximate surface area is 102 Å². The lowest BCUT2D eigenvalue weighted by atomic mass is 9.90. The molecule has 2 aromatic heterocycles. The van der Waals surface area contributed by atoms with Crippen LogP contribution in [0.3, 0.4) is 0 Å². The fraction of sp³-hybridized carbons (Fsp3) is 0.538. The quantitative estimate of drug-likeness (QED) is 0.861. The zero-order valence-electron chi connectivity index (χ0n) is 10.7. The molecule has 4 heteroatoms. The fourth-order valence-electron chi connectivity index (χ4n) is 2.50. The summed E-state index contributed by atoms with van der Waals surface area (Å²) in [5.74, 6) is 0.633. The van der Waals surface area contributed by atoms with Gasteiger partial charge in [0.2, 0.25) is 0 Å². The maximum atomic E-state index is 4.38. The van der Waals surface area contributed by atoms with E-state index in [2.05, 4.69) is 29.2 Å². The van der Waals surface area contributed by atoms with Crippen molar-refractivity contribution in [2.75, 3.05) is 7.05 Å². The molecule has 0 aliphatic carbocycles. The van der Waals surface area contributed by atoms with Gasteiger partial charge < -0.3 is 5.32 Å². The van der Waals surface area contributed by atoms with Crippen molar-refractivity contribution in [1.82, 2.24) is 19.9 Å². The van der Waals surface area contributed by atoms with Crippen molar-refractivity contribution in [1.29, 1.82) is 0 Å². The van der Waals surface area contributed by atoms with E-state index in [1.807, 2.05) is 30.2 Å². The largest absolute Gasteiger partial charge is 0.313 e. The summed E-state index contributed by atoms with van der Waals surface area (Å²) in [5, 5.41) is 7.79. The third-order valence-electron chi connectivity index (χ3n) is 3.52. The van der Waals surface area contributed by atoms with Crippen LogP contribution in [0.4, 0.5) is 0 Å². The lowest BCUT2D eigenvalue weighted by Crippen LogP contribution is -2.24. The van der Waals surface area contributed by atoms with Gasteiger partial charge in [-0.15, -0.1) is 0 Å². The highest BCUT2D eigenvalue weighted by atomic mass is 15.2. The van der Waals surface area contributed by atoms with Gasteiger partial charge in [0, 0.05) is 24.0 Å². The maximum Gasteiger partial charge on any atom is 0.0892 e. The Bertz CT molecular complexity index is 473. The molecule has 0 fully saturated rings. The summed E-state index contributed by atoms with van der Waals surface area (Å²) in [5.41, 5.74) is 2.34. The fourth-order valence-corrected chi connectivity index (χ4v) is 2.50. The first-order valence-electron chi connectivity index (χ1n) is 6.26. The summed E-state index contributed by atoms with van der Waals surface area (Å²) in [6.45, 7) is 4.48. The molecule has 1 unspecified atom stereocenters. The lowest BCUT2D eigenvalue weighted by molar-refractivity contribution is 0.361. The van der Waals surface area contributed by atoms with Crippen LogP contribution in [-0.4, -0.2) is 21.6 Å². The van der Waals surface area contributed by atoms with Gasteiger partial charge in [0.25, 0.3) is 0 Å². The Balaban J connectivity index is 2.42. The van der Waals surface area contributed by atoms with E-state index in [1.54, 1.807) is 6.20 Å². The third kappa shape index (κ3) is 2.17. The standard InChI is InChI=1S/C13H20N4/c1-4-10(5-2)13(14-3)11-8-16-17-7-6-15-9-12(11)17/h6-10,13-14H,4-5H2,1-3H3. The molecule has 2 rings (SSSR count). The number of fused-ring (bicyclic) bond motifs is 1. The van der Waals surface area contributed by atoms with Crippen LogP contribution in [-0.2, 0) is 0 Å². The first kappa shape index (κ1) is 12.0. The van der Waals surface area contributed by atoms with Crippen LogP contribution < -0.4 is 5.32 Å². The van der Waals surface area contributed by atoms with Crippen LogP contribution in [0.25, 0.3) is 5.52 Å². The summed E-state index contributed by atoms with van der Waals surface area (Å²) in [4.78, 5) is 4.18. The van der Waals surface area contributed by atoms with E-state index in [0.717, 1.165) is 5.52 Å². The molecule has 0 radical (unpaired) electrons. The Morgan fingerprint density at radius 3 is 2.71 bits per heavy atom. The van der Waals surface area contributed by atoms with E-state index in [-0.39, 0.29) is 0 Å². The molecule has 17 heavy (non-hydrogen) atoms. The zero-order chi connectivity index (χ0) is 12.3. The highest BCUT2D eigenvalue weighted by Gasteiger charge is 2.21. The molecule has 2 aromatic rings. The predicted molar refractivity (Wildman–Crippen MR) is 68.9 cm³/mol. The summed E-state index contributed by atoms with van der Waals surface area (Å²) in [6, 6.07) is 0.353. The van der Waals surface area contributed by atoms with Crippen LogP contribution in [0, 0.1) is 5.92 Å². The predicted octanol–water partition coefficient (Wildman–Crippen LogP) is 2.43. The van der Waals surface area contributed by atoms with Crippen LogP contribution in [0.5, 0.6) is 0 Å². The molecule has 2 heterocycles. The minimum atomic E-state index is 0.353. The van der Waals surface area contributed by atoms with Gasteiger partial charge in [-0.3, -0.25) is 4.98 Å². The van der Waals surface area contributed by atoms with Gasteiger partial charge in [-0.25, -0.2) is 4.52 Å². The Kier molecular flexibility index (Phi) is 3.74. The molecule has 92 valence electrons. The number of nitrogens with one attached hydrogen (secondary N) is 1. The van der Waals surface area contributed by atoms with E-state index in [0.29, 0.717) is 12.0 Å². The van der Waals surface area contributed by atoms with Crippen molar-refractivity contribution in [2.24, 2.45) is 5.92 Å². The maximum absolute atomic E-state index is 4.38. The van der Waals surface area contributed by atoms with E-state index < -0.39 is 0 Å². The second-order valence-electron chi connectivity index (χ2n) is 4.35.